The van der Waals surface area contributed by atoms with Crippen LogP contribution in [0.2, 0.25) is 0 Å². The molecule has 3 rings (SSSR count). The number of rotatable bonds is 4. The summed E-state index contributed by atoms with van der Waals surface area (Å²) in [6.07, 6.45) is 5.75. The summed E-state index contributed by atoms with van der Waals surface area (Å²) in [7, 11) is 2.19. The molecule has 0 aromatic heterocycles. The molecule has 6 heteroatoms. The van der Waals surface area contributed by atoms with E-state index in [2.05, 4.69) is 29.5 Å². The molecule has 0 radical (unpaired) electrons. The molecule has 2 N–H and O–H groups in total. The minimum absolute atomic E-state index is 0. The number of guanidine groups is 1. The second kappa shape index (κ2) is 7.97. The van der Waals surface area contributed by atoms with Crippen molar-refractivity contribution in [3.63, 3.8) is 0 Å². The number of aliphatic imine (C=N–C) groups is 1. The van der Waals surface area contributed by atoms with Gasteiger partial charge in [0.25, 0.3) is 0 Å². The fraction of sp³-hybridized carbons (Fsp3) is 0.933. The Hall–Kier alpha value is -0.0800. The van der Waals surface area contributed by atoms with Crippen LogP contribution in [0.1, 0.15) is 32.6 Å². The lowest BCUT2D eigenvalue weighted by atomic mass is 9.96. The number of nitrogens with zero attached hydrogens (tertiary/aromatic N) is 2. The van der Waals surface area contributed by atoms with E-state index in [-0.39, 0.29) is 24.0 Å². The summed E-state index contributed by atoms with van der Waals surface area (Å²) in [5.41, 5.74) is 0. The van der Waals surface area contributed by atoms with Gasteiger partial charge in [0.15, 0.2) is 5.96 Å². The largest absolute Gasteiger partial charge is 0.373 e. The van der Waals surface area contributed by atoms with Crippen molar-refractivity contribution in [3.05, 3.63) is 0 Å². The molecule has 0 spiro atoms. The lowest BCUT2D eigenvalue weighted by molar-refractivity contribution is 0.0992. The van der Waals surface area contributed by atoms with Crippen molar-refractivity contribution in [3.8, 4) is 0 Å². The average molecular weight is 408 g/mol. The number of hydrogen-bond acceptors (Lipinski definition) is 3. The number of likely N-dealkylation sites (tertiary alicyclic amines) is 1. The molecule has 3 heterocycles. The number of hydrogen-bond donors (Lipinski definition) is 2. The van der Waals surface area contributed by atoms with Crippen LogP contribution in [0.5, 0.6) is 0 Å². The van der Waals surface area contributed by atoms with Gasteiger partial charge in [0.1, 0.15) is 0 Å². The zero-order valence-corrected chi connectivity index (χ0v) is 15.5. The lowest BCUT2D eigenvalue weighted by Gasteiger charge is -2.23. The Labute approximate surface area is 145 Å². The van der Waals surface area contributed by atoms with E-state index in [1.807, 2.05) is 0 Å². The van der Waals surface area contributed by atoms with Gasteiger partial charge in [-0.2, -0.15) is 0 Å². The van der Waals surface area contributed by atoms with Crippen molar-refractivity contribution in [1.29, 1.82) is 0 Å². The van der Waals surface area contributed by atoms with Gasteiger partial charge in [-0.15, -0.1) is 24.0 Å². The Morgan fingerprint density at radius 3 is 2.76 bits per heavy atom. The Morgan fingerprint density at radius 2 is 2.19 bits per heavy atom. The van der Waals surface area contributed by atoms with E-state index in [0.29, 0.717) is 24.2 Å². The summed E-state index contributed by atoms with van der Waals surface area (Å²) in [6.45, 7) is 6.36. The van der Waals surface area contributed by atoms with E-state index in [4.69, 9.17) is 9.73 Å². The molecule has 0 aliphatic carbocycles. The zero-order valence-electron chi connectivity index (χ0n) is 13.2. The molecule has 3 aliphatic rings. The summed E-state index contributed by atoms with van der Waals surface area (Å²) < 4.78 is 5.90. The summed E-state index contributed by atoms with van der Waals surface area (Å²) >= 11 is 0. The molecule has 2 bridgehead atoms. The van der Waals surface area contributed by atoms with Crippen LogP contribution in [0.3, 0.4) is 0 Å². The Bertz CT molecular complexity index is 366. The molecular weight excluding hydrogens is 379 g/mol. The first-order valence-corrected chi connectivity index (χ1v) is 8.13. The van der Waals surface area contributed by atoms with Crippen molar-refractivity contribution in [2.45, 2.75) is 50.9 Å². The SMILES string of the molecule is CCNC(=NCC1CCN(C)C1)NC1CC2CCC1O2.I. The van der Waals surface area contributed by atoms with Crippen LogP contribution in [-0.4, -0.2) is 62.3 Å². The van der Waals surface area contributed by atoms with Crippen molar-refractivity contribution >= 4 is 29.9 Å². The first-order chi connectivity index (χ1) is 9.74. The molecule has 0 aromatic rings. The van der Waals surface area contributed by atoms with Gasteiger partial charge < -0.3 is 20.3 Å². The van der Waals surface area contributed by atoms with E-state index >= 15 is 0 Å². The Balaban J connectivity index is 0.00000161. The fourth-order valence-corrected chi connectivity index (χ4v) is 3.68. The third kappa shape index (κ3) is 4.45. The lowest BCUT2D eigenvalue weighted by Crippen LogP contribution is -2.47. The van der Waals surface area contributed by atoms with E-state index < -0.39 is 0 Å². The number of nitrogens with one attached hydrogen (secondary N) is 2. The minimum atomic E-state index is 0. The third-order valence-corrected chi connectivity index (χ3v) is 4.77. The first kappa shape index (κ1) is 17.3. The topological polar surface area (TPSA) is 48.9 Å². The van der Waals surface area contributed by atoms with Crippen molar-refractivity contribution in [1.82, 2.24) is 15.5 Å². The number of halogens is 1. The third-order valence-electron chi connectivity index (χ3n) is 4.77. The molecule has 3 aliphatic heterocycles. The van der Waals surface area contributed by atoms with Gasteiger partial charge in [-0.1, -0.05) is 0 Å². The van der Waals surface area contributed by atoms with Gasteiger partial charge in [0.2, 0.25) is 0 Å². The molecule has 4 unspecified atom stereocenters. The molecule has 0 amide bonds. The second-order valence-corrected chi connectivity index (χ2v) is 6.50. The fourth-order valence-electron chi connectivity index (χ4n) is 3.68. The van der Waals surface area contributed by atoms with E-state index in [1.54, 1.807) is 0 Å². The van der Waals surface area contributed by atoms with Crippen LogP contribution in [0, 0.1) is 5.92 Å². The van der Waals surface area contributed by atoms with Crippen molar-refractivity contribution in [2.24, 2.45) is 10.9 Å². The van der Waals surface area contributed by atoms with E-state index in [1.165, 1.54) is 32.4 Å². The molecule has 4 atom stereocenters. The maximum Gasteiger partial charge on any atom is 0.191 e. The maximum atomic E-state index is 5.90. The second-order valence-electron chi connectivity index (χ2n) is 6.50. The summed E-state index contributed by atoms with van der Waals surface area (Å²) in [6, 6.07) is 0.456. The number of ether oxygens (including phenoxy) is 1. The van der Waals surface area contributed by atoms with Gasteiger partial charge in [-0.05, 0) is 52.1 Å². The highest BCUT2D eigenvalue weighted by atomic mass is 127. The average Bonchev–Trinajstić information content (AvgIpc) is 3.13. The molecule has 3 saturated heterocycles. The van der Waals surface area contributed by atoms with Crippen molar-refractivity contribution in [2.75, 3.05) is 33.2 Å². The highest BCUT2D eigenvalue weighted by Crippen LogP contribution is 2.34. The van der Waals surface area contributed by atoms with Gasteiger partial charge >= 0.3 is 0 Å². The molecule has 3 fully saturated rings. The van der Waals surface area contributed by atoms with Gasteiger partial charge in [-0.3, -0.25) is 4.99 Å². The van der Waals surface area contributed by atoms with Gasteiger partial charge in [0.05, 0.1) is 18.2 Å². The molecule has 0 aromatic carbocycles. The zero-order chi connectivity index (χ0) is 13.9. The molecule has 21 heavy (non-hydrogen) atoms. The van der Waals surface area contributed by atoms with E-state index in [0.717, 1.165) is 25.5 Å². The molecule has 122 valence electrons. The predicted octanol–water partition coefficient (Wildman–Crippen LogP) is 1.43. The maximum absolute atomic E-state index is 5.90. The Morgan fingerprint density at radius 1 is 1.33 bits per heavy atom. The smallest absolute Gasteiger partial charge is 0.191 e. The molecular formula is C15H29IN4O. The minimum Gasteiger partial charge on any atom is -0.373 e. The molecule has 0 saturated carbocycles. The molecule has 5 nitrogen and oxygen atoms in total. The highest BCUT2D eigenvalue weighted by Gasteiger charge is 2.41. The van der Waals surface area contributed by atoms with Crippen molar-refractivity contribution < 1.29 is 4.74 Å². The standard InChI is InChI=1S/C15H28N4O.HI/c1-3-16-15(17-9-11-6-7-19(2)10-11)18-13-8-12-4-5-14(13)20-12;/h11-14H,3-10H2,1-2H3,(H2,16,17,18);1H. The normalized spacial score (nSPS) is 35.8. The van der Waals surface area contributed by atoms with Crippen LogP contribution in [-0.2, 0) is 4.74 Å². The summed E-state index contributed by atoms with van der Waals surface area (Å²) in [5, 5.41) is 6.96. The first-order valence-electron chi connectivity index (χ1n) is 8.13. The van der Waals surface area contributed by atoms with Crippen LogP contribution >= 0.6 is 24.0 Å². The van der Waals surface area contributed by atoms with Crippen LogP contribution < -0.4 is 10.6 Å². The van der Waals surface area contributed by atoms with Crippen LogP contribution in [0.25, 0.3) is 0 Å². The predicted molar refractivity (Wildman–Crippen MR) is 96.4 cm³/mol. The monoisotopic (exact) mass is 408 g/mol. The van der Waals surface area contributed by atoms with Crippen LogP contribution in [0.4, 0.5) is 0 Å². The Kier molecular flexibility index (Phi) is 6.55. The highest BCUT2D eigenvalue weighted by molar-refractivity contribution is 14.0. The summed E-state index contributed by atoms with van der Waals surface area (Å²) in [4.78, 5) is 7.18. The van der Waals surface area contributed by atoms with Gasteiger partial charge in [-0.25, -0.2) is 0 Å². The van der Waals surface area contributed by atoms with Crippen LogP contribution in [0.15, 0.2) is 4.99 Å². The van der Waals surface area contributed by atoms with E-state index in [9.17, 15) is 0 Å². The van der Waals surface area contributed by atoms with Gasteiger partial charge in [0, 0.05) is 19.6 Å². The summed E-state index contributed by atoms with van der Waals surface area (Å²) in [5.74, 6) is 1.69. The number of fused-ring (bicyclic) bond motifs is 2. The quantitative estimate of drug-likeness (QED) is 0.420.